The van der Waals surface area contributed by atoms with Crippen LogP contribution in [0.15, 0.2) is 24.3 Å². The highest BCUT2D eigenvalue weighted by Crippen LogP contribution is 2.38. The Kier molecular flexibility index (Phi) is 4.37. The first kappa shape index (κ1) is 13.8. The summed E-state index contributed by atoms with van der Waals surface area (Å²) < 4.78 is 13.0. The van der Waals surface area contributed by atoms with Gasteiger partial charge in [-0.3, -0.25) is 0 Å². The number of nitrogens with one attached hydrogen (secondary N) is 2. The molecule has 4 nitrogen and oxygen atoms in total. The number of benzene rings is 1. The van der Waals surface area contributed by atoms with Crippen LogP contribution < -0.4 is 10.6 Å². The second-order valence-corrected chi connectivity index (χ2v) is 4.90. The zero-order chi connectivity index (χ0) is 13.7. The van der Waals surface area contributed by atoms with E-state index in [1.807, 2.05) is 0 Å². The van der Waals surface area contributed by atoms with Crippen molar-refractivity contribution >= 4 is 6.03 Å². The van der Waals surface area contributed by atoms with Crippen LogP contribution in [0.3, 0.4) is 0 Å². The van der Waals surface area contributed by atoms with Crippen LogP contribution in [0, 0.1) is 5.82 Å². The third-order valence-electron chi connectivity index (χ3n) is 3.60. The lowest BCUT2D eigenvalue weighted by Gasteiger charge is -2.31. The fourth-order valence-corrected chi connectivity index (χ4v) is 2.66. The molecular formula is C14H19FN2O2. The van der Waals surface area contributed by atoms with Gasteiger partial charge < -0.3 is 15.7 Å². The highest BCUT2D eigenvalue weighted by Gasteiger charge is 2.36. The lowest BCUT2D eigenvalue weighted by atomic mass is 9.88. The van der Waals surface area contributed by atoms with Crippen LogP contribution in [0.2, 0.25) is 0 Å². The number of rotatable bonds is 4. The number of aliphatic hydroxyl groups is 1. The van der Waals surface area contributed by atoms with Gasteiger partial charge in [-0.05, 0) is 30.5 Å². The Bertz CT molecular complexity index is 428. The maximum atomic E-state index is 13.0. The molecule has 104 valence electrons. The number of carbonyl (C=O) groups is 1. The SMILES string of the molecule is O=C(NCCO)NC1(c2ccc(F)cc2)CCCC1. The number of carbonyl (C=O) groups excluding carboxylic acids is 1. The van der Waals surface area contributed by atoms with Crippen molar-refractivity contribution in [1.29, 1.82) is 0 Å². The Labute approximate surface area is 112 Å². The monoisotopic (exact) mass is 266 g/mol. The van der Waals surface area contributed by atoms with Crippen LogP contribution in [-0.4, -0.2) is 24.3 Å². The minimum absolute atomic E-state index is 0.0863. The molecule has 0 bridgehead atoms. The summed E-state index contributed by atoms with van der Waals surface area (Å²) in [5, 5.41) is 14.3. The second kappa shape index (κ2) is 6.02. The number of urea groups is 1. The van der Waals surface area contributed by atoms with Gasteiger partial charge in [0.25, 0.3) is 0 Å². The summed E-state index contributed by atoms with van der Waals surface area (Å²) in [4.78, 5) is 11.8. The zero-order valence-electron chi connectivity index (χ0n) is 10.8. The molecule has 1 aromatic rings. The van der Waals surface area contributed by atoms with Gasteiger partial charge >= 0.3 is 6.03 Å². The Balaban J connectivity index is 2.13. The molecule has 0 aliphatic heterocycles. The van der Waals surface area contributed by atoms with Crippen molar-refractivity contribution in [2.45, 2.75) is 31.2 Å². The lowest BCUT2D eigenvalue weighted by molar-refractivity contribution is 0.219. The van der Waals surface area contributed by atoms with Crippen LogP contribution >= 0.6 is 0 Å². The van der Waals surface area contributed by atoms with E-state index in [2.05, 4.69) is 10.6 Å². The largest absolute Gasteiger partial charge is 0.395 e. The van der Waals surface area contributed by atoms with Crippen LogP contribution in [0.5, 0.6) is 0 Å². The molecule has 0 spiro atoms. The van der Waals surface area contributed by atoms with Gasteiger partial charge in [0.15, 0.2) is 0 Å². The Hall–Kier alpha value is -1.62. The van der Waals surface area contributed by atoms with E-state index in [0.29, 0.717) is 0 Å². The summed E-state index contributed by atoms with van der Waals surface area (Å²) in [6.07, 6.45) is 3.78. The number of amides is 2. The highest BCUT2D eigenvalue weighted by molar-refractivity contribution is 5.75. The first-order chi connectivity index (χ1) is 9.16. The van der Waals surface area contributed by atoms with Gasteiger partial charge in [-0.2, -0.15) is 0 Å². The van der Waals surface area contributed by atoms with Gasteiger partial charge in [0.1, 0.15) is 5.82 Å². The van der Waals surface area contributed by atoms with E-state index in [1.165, 1.54) is 12.1 Å². The first-order valence-corrected chi connectivity index (χ1v) is 6.59. The maximum absolute atomic E-state index is 13.0. The van der Waals surface area contributed by atoms with Crippen molar-refractivity contribution in [1.82, 2.24) is 10.6 Å². The zero-order valence-corrected chi connectivity index (χ0v) is 10.8. The molecule has 1 aliphatic rings. The van der Waals surface area contributed by atoms with Gasteiger partial charge in [0.2, 0.25) is 0 Å². The number of aliphatic hydroxyl groups excluding tert-OH is 1. The van der Waals surface area contributed by atoms with Crippen molar-refractivity contribution in [2.75, 3.05) is 13.2 Å². The Morgan fingerprint density at radius 2 is 1.89 bits per heavy atom. The van der Waals surface area contributed by atoms with Crippen molar-refractivity contribution in [3.05, 3.63) is 35.6 Å². The molecule has 19 heavy (non-hydrogen) atoms. The molecule has 3 N–H and O–H groups in total. The molecule has 5 heteroatoms. The maximum Gasteiger partial charge on any atom is 0.315 e. The molecule has 1 aromatic carbocycles. The van der Waals surface area contributed by atoms with Gasteiger partial charge in [-0.25, -0.2) is 9.18 Å². The summed E-state index contributed by atoms with van der Waals surface area (Å²) in [7, 11) is 0. The van der Waals surface area contributed by atoms with Crippen LogP contribution in [0.1, 0.15) is 31.2 Å². The molecule has 2 amide bonds. The molecule has 2 rings (SSSR count). The normalized spacial score (nSPS) is 17.2. The van der Waals surface area contributed by atoms with Crippen molar-refractivity contribution < 1.29 is 14.3 Å². The Morgan fingerprint density at radius 1 is 1.26 bits per heavy atom. The van der Waals surface area contributed by atoms with E-state index < -0.39 is 5.54 Å². The van der Waals surface area contributed by atoms with Gasteiger partial charge in [-0.15, -0.1) is 0 Å². The van der Waals surface area contributed by atoms with E-state index in [4.69, 9.17) is 5.11 Å². The lowest BCUT2D eigenvalue weighted by Crippen LogP contribution is -2.49. The second-order valence-electron chi connectivity index (χ2n) is 4.90. The number of hydrogen-bond acceptors (Lipinski definition) is 2. The number of hydrogen-bond donors (Lipinski definition) is 3. The average Bonchev–Trinajstić information content (AvgIpc) is 2.86. The topological polar surface area (TPSA) is 61.4 Å². The molecule has 1 saturated carbocycles. The van der Waals surface area contributed by atoms with E-state index in [1.54, 1.807) is 12.1 Å². The van der Waals surface area contributed by atoms with Crippen molar-refractivity contribution in [2.24, 2.45) is 0 Å². The molecule has 0 unspecified atom stereocenters. The van der Waals surface area contributed by atoms with Crippen LogP contribution in [0.4, 0.5) is 9.18 Å². The molecule has 0 radical (unpaired) electrons. The Morgan fingerprint density at radius 3 is 2.47 bits per heavy atom. The fraction of sp³-hybridized carbons (Fsp3) is 0.500. The predicted molar refractivity (Wildman–Crippen MR) is 70.2 cm³/mol. The van der Waals surface area contributed by atoms with Crippen molar-refractivity contribution in [3.8, 4) is 0 Å². The van der Waals surface area contributed by atoms with Crippen molar-refractivity contribution in [3.63, 3.8) is 0 Å². The van der Waals surface area contributed by atoms with E-state index in [0.717, 1.165) is 31.2 Å². The molecule has 0 saturated heterocycles. The summed E-state index contributed by atoms with van der Waals surface area (Å²) in [5.41, 5.74) is 0.526. The average molecular weight is 266 g/mol. The smallest absolute Gasteiger partial charge is 0.315 e. The molecular weight excluding hydrogens is 247 g/mol. The first-order valence-electron chi connectivity index (χ1n) is 6.59. The van der Waals surface area contributed by atoms with Gasteiger partial charge in [-0.1, -0.05) is 25.0 Å². The minimum atomic E-state index is -0.409. The quantitative estimate of drug-likeness (QED) is 0.779. The molecule has 0 aromatic heterocycles. The van der Waals surface area contributed by atoms with Crippen LogP contribution in [0.25, 0.3) is 0 Å². The summed E-state index contributed by atoms with van der Waals surface area (Å²) >= 11 is 0. The van der Waals surface area contributed by atoms with E-state index >= 15 is 0 Å². The standard InChI is InChI=1S/C14H19FN2O2/c15-12-5-3-11(4-6-12)14(7-1-2-8-14)17-13(19)16-9-10-18/h3-6,18H,1-2,7-10H2,(H2,16,17,19). The molecule has 0 heterocycles. The summed E-state index contributed by atoms with van der Waals surface area (Å²) in [6.45, 7) is 0.141. The minimum Gasteiger partial charge on any atom is -0.395 e. The third kappa shape index (κ3) is 3.23. The highest BCUT2D eigenvalue weighted by atomic mass is 19.1. The summed E-state index contributed by atoms with van der Waals surface area (Å²) in [6, 6.07) is 6.01. The van der Waals surface area contributed by atoms with E-state index in [9.17, 15) is 9.18 Å². The molecule has 1 fully saturated rings. The predicted octanol–water partition coefficient (Wildman–Crippen LogP) is 1.89. The van der Waals surface area contributed by atoms with E-state index in [-0.39, 0.29) is 25.0 Å². The molecule has 0 atom stereocenters. The fourth-order valence-electron chi connectivity index (χ4n) is 2.66. The van der Waals surface area contributed by atoms with Crippen LogP contribution in [-0.2, 0) is 5.54 Å². The molecule has 1 aliphatic carbocycles. The van der Waals surface area contributed by atoms with Gasteiger partial charge in [0, 0.05) is 6.54 Å². The van der Waals surface area contributed by atoms with Gasteiger partial charge in [0.05, 0.1) is 12.1 Å². The third-order valence-corrected chi connectivity index (χ3v) is 3.60. The summed E-state index contributed by atoms with van der Waals surface area (Å²) in [5.74, 6) is -0.276. The number of halogens is 1.